The molecule has 0 amide bonds. The Morgan fingerprint density at radius 3 is 1.77 bits per heavy atom. The third-order valence-electron chi connectivity index (χ3n) is 7.91. The highest BCUT2D eigenvalue weighted by molar-refractivity contribution is 5.68. The molecule has 2 fully saturated rings. The Morgan fingerprint density at radius 2 is 1.19 bits per heavy atom. The third kappa shape index (κ3) is 11.9. The van der Waals surface area contributed by atoms with Crippen molar-refractivity contribution in [2.45, 2.75) is 102 Å². The molecule has 15 nitrogen and oxygen atoms in total. The van der Waals surface area contributed by atoms with E-state index in [2.05, 4.69) is 6.58 Å². The zero-order valence-corrected chi connectivity index (χ0v) is 29.5. The molecular weight excluding hydrogens is 684 g/mol. The molecule has 0 spiro atoms. The molecule has 0 unspecified atom stereocenters. The second kappa shape index (κ2) is 20.1. The van der Waals surface area contributed by atoms with Gasteiger partial charge in [0.05, 0.1) is 26.4 Å². The second-order valence-electron chi connectivity index (χ2n) is 12.1. The number of aliphatic hydroxyl groups is 1. The second-order valence-corrected chi connectivity index (χ2v) is 12.1. The van der Waals surface area contributed by atoms with Crippen molar-refractivity contribution < 1.29 is 71.7 Å². The first-order valence-corrected chi connectivity index (χ1v) is 16.8. The number of rotatable bonds is 17. The lowest BCUT2D eigenvalue weighted by Gasteiger charge is -2.48. The molecule has 0 aromatic heterocycles. The van der Waals surface area contributed by atoms with Gasteiger partial charge in [-0.25, -0.2) is 0 Å². The first-order chi connectivity index (χ1) is 25.0. The molecular formula is C37H46O15. The summed E-state index contributed by atoms with van der Waals surface area (Å²) in [4.78, 5) is 48.8. The van der Waals surface area contributed by atoms with Gasteiger partial charge in [-0.2, -0.15) is 0 Å². The zero-order valence-electron chi connectivity index (χ0n) is 29.5. The Hall–Kier alpha value is -4.22. The quantitative estimate of drug-likeness (QED) is 0.142. The molecule has 4 rings (SSSR count). The molecule has 52 heavy (non-hydrogen) atoms. The summed E-state index contributed by atoms with van der Waals surface area (Å²) in [5.41, 5.74) is 1.68. The van der Waals surface area contributed by atoms with E-state index in [4.69, 9.17) is 47.4 Å². The van der Waals surface area contributed by atoms with Gasteiger partial charge in [-0.1, -0.05) is 66.7 Å². The summed E-state index contributed by atoms with van der Waals surface area (Å²) >= 11 is 0. The number of hydrogen-bond donors (Lipinski definition) is 1. The zero-order chi connectivity index (χ0) is 37.6. The van der Waals surface area contributed by atoms with E-state index in [1.165, 1.54) is 13.0 Å². The van der Waals surface area contributed by atoms with Crippen molar-refractivity contribution in [1.29, 1.82) is 0 Å². The van der Waals surface area contributed by atoms with Gasteiger partial charge in [0.1, 0.15) is 37.1 Å². The van der Waals surface area contributed by atoms with Crippen LogP contribution in [0.2, 0.25) is 0 Å². The summed E-state index contributed by atoms with van der Waals surface area (Å²) in [6.07, 6.45) is -11.9. The summed E-state index contributed by atoms with van der Waals surface area (Å²) in [5.74, 6) is -3.08. The summed E-state index contributed by atoms with van der Waals surface area (Å²) in [7, 11) is 0. The summed E-state index contributed by atoms with van der Waals surface area (Å²) in [5, 5.41) is 12.0. The molecule has 2 aliphatic heterocycles. The average Bonchev–Trinajstić information content (AvgIpc) is 3.10. The van der Waals surface area contributed by atoms with Crippen LogP contribution in [-0.4, -0.2) is 110 Å². The van der Waals surface area contributed by atoms with Gasteiger partial charge in [0.25, 0.3) is 0 Å². The number of esters is 4. The molecule has 0 radical (unpaired) electrons. The van der Waals surface area contributed by atoms with Crippen molar-refractivity contribution in [2.75, 3.05) is 19.8 Å². The van der Waals surface area contributed by atoms with E-state index in [0.29, 0.717) is 0 Å². The number of hydrogen-bond acceptors (Lipinski definition) is 15. The number of aliphatic hydroxyl groups excluding tert-OH is 1. The third-order valence-corrected chi connectivity index (χ3v) is 7.91. The summed E-state index contributed by atoms with van der Waals surface area (Å²) in [6, 6.07) is 18.6. The molecule has 1 N–H and O–H groups in total. The Bertz CT molecular complexity index is 1450. The molecule has 2 aliphatic rings. The van der Waals surface area contributed by atoms with Gasteiger partial charge in [-0.15, -0.1) is 6.58 Å². The smallest absolute Gasteiger partial charge is 0.303 e. The lowest BCUT2D eigenvalue weighted by molar-refractivity contribution is -0.364. The SMILES string of the molecule is C=CCO[C@@H]1O[C@H](COCc2ccccc2)[C@H](O[C@@H]2O[C@H](COC(C)=O)[C@H](OC(C)=O)[C@H](OC(C)=O)[C@H]2OC(C)=O)[C@H](O)[C@H]1OCc1ccccc1. The van der Waals surface area contributed by atoms with E-state index >= 15 is 0 Å². The van der Waals surface area contributed by atoms with Crippen LogP contribution in [-0.2, 0) is 79.8 Å². The highest BCUT2D eigenvalue weighted by atomic mass is 16.8. The fourth-order valence-electron chi connectivity index (χ4n) is 5.76. The summed E-state index contributed by atoms with van der Waals surface area (Å²) < 4.78 is 58.8. The van der Waals surface area contributed by atoms with E-state index in [-0.39, 0.29) is 26.4 Å². The van der Waals surface area contributed by atoms with Crippen LogP contribution >= 0.6 is 0 Å². The van der Waals surface area contributed by atoms with Gasteiger partial charge in [-0.3, -0.25) is 19.2 Å². The van der Waals surface area contributed by atoms with Crippen molar-refractivity contribution in [3.63, 3.8) is 0 Å². The number of benzene rings is 2. The lowest BCUT2D eigenvalue weighted by Crippen LogP contribution is -2.66. The van der Waals surface area contributed by atoms with Gasteiger partial charge in [0.15, 0.2) is 30.9 Å². The van der Waals surface area contributed by atoms with E-state index in [0.717, 1.165) is 31.9 Å². The fraction of sp³-hybridized carbons (Fsp3) is 0.514. The average molecular weight is 731 g/mol. The largest absolute Gasteiger partial charge is 0.463 e. The maximum atomic E-state index is 12.4. The van der Waals surface area contributed by atoms with Crippen LogP contribution in [0.5, 0.6) is 0 Å². The molecule has 2 saturated heterocycles. The van der Waals surface area contributed by atoms with Crippen molar-refractivity contribution in [3.05, 3.63) is 84.4 Å². The van der Waals surface area contributed by atoms with Crippen LogP contribution in [0.4, 0.5) is 0 Å². The minimum atomic E-state index is -1.61. The van der Waals surface area contributed by atoms with Crippen LogP contribution in [0.3, 0.4) is 0 Å². The van der Waals surface area contributed by atoms with E-state index in [9.17, 15) is 24.3 Å². The van der Waals surface area contributed by atoms with Crippen LogP contribution in [0.15, 0.2) is 73.3 Å². The van der Waals surface area contributed by atoms with Crippen molar-refractivity contribution in [2.24, 2.45) is 0 Å². The molecule has 284 valence electrons. The molecule has 2 heterocycles. The van der Waals surface area contributed by atoms with Gasteiger partial charge in [0, 0.05) is 27.7 Å². The van der Waals surface area contributed by atoms with Gasteiger partial charge in [0.2, 0.25) is 0 Å². The lowest BCUT2D eigenvalue weighted by atomic mass is 9.96. The fourth-order valence-corrected chi connectivity index (χ4v) is 5.76. The monoisotopic (exact) mass is 730 g/mol. The molecule has 2 aromatic carbocycles. The van der Waals surface area contributed by atoms with Crippen LogP contribution in [0.25, 0.3) is 0 Å². The predicted molar refractivity (Wildman–Crippen MR) is 179 cm³/mol. The molecule has 2 aromatic rings. The first kappa shape index (κ1) is 40.5. The Labute approximate surface area is 301 Å². The Balaban J connectivity index is 1.70. The van der Waals surface area contributed by atoms with E-state index < -0.39 is 91.9 Å². The molecule has 0 saturated carbocycles. The Kier molecular flexibility index (Phi) is 15.7. The highest BCUT2D eigenvalue weighted by Crippen LogP contribution is 2.34. The number of carbonyl (C=O) groups excluding carboxylic acids is 4. The van der Waals surface area contributed by atoms with Gasteiger partial charge in [-0.05, 0) is 11.1 Å². The first-order valence-electron chi connectivity index (χ1n) is 16.8. The minimum absolute atomic E-state index is 0.0609. The predicted octanol–water partition coefficient (Wildman–Crippen LogP) is 2.55. The highest BCUT2D eigenvalue weighted by Gasteiger charge is 2.56. The molecule has 10 atom stereocenters. The summed E-state index contributed by atoms with van der Waals surface area (Å²) in [6.45, 7) is 7.94. The number of ether oxygens (including phenoxy) is 10. The van der Waals surface area contributed by atoms with Crippen LogP contribution in [0.1, 0.15) is 38.8 Å². The molecule has 0 aliphatic carbocycles. The van der Waals surface area contributed by atoms with E-state index in [1.807, 2.05) is 60.7 Å². The maximum Gasteiger partial charge on any atom is 0.303 e. The van der Waals surface area contributed by atoms with Crippen LogP contribution in [0, 0.1) is 0 Å². The van der Waals surface area contributed by atoms with Crippen molar-refractivity contribution in [1.82, 2.24) is 0 Å². The topological polar surface area (TPSA) is 181 Å². The Morgan fingerprint density at radius 1 is 0.654 bits per heavy atom. The van der Waals surface area contributed by atoms with E-state index in [1.54, 1.807) is 0 Å². The minimum Gasteiger partial charge on any atom is -0.463 e. The molecule has 15 heteroatoms. The maximum absolute atomic E-state index is 12.4. The standard InChI is InChI=1S/C37H46O15/c1-6-17-44-36-33(46-19-27-15-11-8-12-16-27)30(42)31(28(50-36)20-43-18-26-13-9-7-10-14-26)52-37-35(49-25(5)41)34(48-24(4)40)32(47-23(3)39)29(51-37)21-45-22(2)38/h6-16,28-37,42H,1,17-21H2,2-5H3/t28-,29-,30+,31+,32+,33-,34+,35-,36-,37+/m1/s1. The van der Waals surface area contributed by atoms with Gasteiger partial charge >= 0.3 is 23.9 Å². The van der Waals surface area contributed by atoms with Crippen molar-refractivity contribution >= 4 is 23.9 Å². The van der Waals surface area contributed by atoms with Crippen molar-refractivity contribution in [3.8, 4) is 0 Å². The molecule has 0 bridgehead atoms. The van der Waals surface area contributed by atoms with Gasteiger partial charge < -0.3 is 52.5 Å². The number of carbonyl (C=O) groups is 4. The normalized spacial score (nSPS) is 28.6. The van der Waals surface area contributed by atoms with Crippen LogP contribution < -0.4 is 0 Å².